The van der Waals surface area contributed by atoms with Gasteiger partial charge in [0.2, 0.25) is 5.69 Å². The van der Waals surface area contributed by atoms with E-state index < -0.39 is 5.97 Å². The minimum Gasteiger partial charge on any atom is -0.461 e. The normalized spacial score (nSPS) is 13.1. The molecule has 5 rings (SSSR count). The molecule has 8 nitrogen and oxygen atoms in total. The van der Waals surface area contributed by atoms with Crippen molar-refractivity contribution in [2.45, 2.75) is 32.1 Å². The molecule has 1 fully saturated rings. The molecule has 33 heavy (non-hydrogen) atoms. The third-order valence-electron chi connectivity index (χ3n) is 5.62. The molecule has 8 heteroatoms. The SMILES string of the molecule is CCOC(=O)c1noc(C2CC2)c1C(=O)c1ccc(-n2cncn2)cc1Cc1ccccc1. The Balaban J connectivity index is 1.61. The standard InChI is InChI=1S/C25H22N4O4/c1-2-32-25(31)22-21(24(33-28-22)17-8-9-17)23(30)20-11-10-19(29-15-26-14-27-29)13-18(20)12-16-6-4-3-5-7-16/h3-7,10-11,13-15,17H,2,8-9,12H2,1H3. The first-order valence-corrected chi connectivity index (χ1v) is 10.9. The van der Waals surface area contributed by atoms with Crippen molar-refractivity contribution in [3.8, 4) is 5.69 Å². The predicted molar refractivity (Wildman–Crippen MR) is 118 cm³/mol. The van der Waals surface area contributed by atoms with Gasteiger partial charge in [-0.3, -0.25) is 4.79 Å². The number of hydrogen-bond acceptors (Lipinski definition) is 7. The van der Waals surface area contributed by atoms with E-state index in [2.05, 4.69) is 15.2 Å². The summed E-state index contributed by atoms with van der Waals surface area (Å²) in [6.45, 7) is 1.89. The van der Waals surface area contributed by atoms with Crippen molar-refractivity contribution in [2.24, 2.45) is 0 Å². The average molecular weight is 442 g/mol. The Morgan fingerprint density at radius 1 is 1.15 bits per heavy atom. The lowest BCUT2D eigenvalue weighted by atomic mass is 9.92. The Morgan fingerprint density at radius 3 is 2.67 bits per heavy atom. The van der Waals surface area contributed by atoms with Crippen molar-refractivity contribution >= 4 is 11.8 Å². The number of carbonyl (C=O) groups excluding carboxylic acids is 2. The number of hydrogen-bond donors (Lipinski definition) is 0. The number of carbonyl (C=O) groups is 2. The number of ether oxygens (including phenoxy) is 1. The number of aromatic nitrogens is 4. The molecule has 0 atom stereocenters. The highest BCUT2D eigenvalue weighted by Crippen LogP contribution is 2.43. The molecule has 0 amide bonds. The maximum atomic E-state index is 13.9. The number of rotatable bonds is 8. The van der Waals surface area contributed by atoms with Crippen LogP contribution in [0.5, 0.6) is 0 Å². The third kappa shape index (κ3) is 4.19. The molecule has 0 bridgehead atoms. The van der Waals surface area contributed by atoms with Gasteiger partial charge in [0.15, 0.2) is 11.5 Å². The van der Waals surface area contributed by atoms with Crippen molar-refractivity contribution in [2.75, 3.05) is 6.61 Å². The third-order valence-corrected chi connectivity index (χ3v) is 5.62. The van der Waals surface area contributed by atoms with Gasteiger partial charge in [-0.2, -0.15) is 5.10 Å². The molecule has 1 saturated carbocycles. The summed E-state index contributed by atoms with van der Waals surface area (Å²) in [6.07, 6.45) is 5.40. The van der Waals surface area contributed by atoms with E-state index in [1.165, 1.54) is 6.33 Å². The topological polar surface area (TPSA) is 100 Å². The van der Waals surface area contributed by atoms with Crippen molar-refractivity contribution < 1.29 is 18.8 Å². The van der Waals surface area contributed by atoms with E-state index in [1.807, 2.05) is 42.5 Å². The van der Waals surface area contributed by atoms with Gasteiger partial charge in [0.25, 0.3) is 0 Å². The zero-order valence-electron chi connectivity index (χ0n) is 18.1. The average Bonchev–Trinajstić information content (AvgIpc) is 3.34. The lowest BCUT2D eigenvalue weighted by molar-refractivity contribution is 0.0512. The molecule has 1 aliphatic rings. The maximum absolute atomic E-state index is 13.9. The summed E-state index contributed by atoms with van der Waals surface area (Å²) >= 11 is 0. The van der Waals surface area contributed by atoms with Crippen LogP contribution in [0.25, 0.3) is 5.69 Å². The molecule has 0 saturated heterocycles. The van der Waals surface area contributed by atoms with Crippen molar-refractivity contribution in [3.63, 3.8) is 0 Å². The summed E-state index contributed by atoms with van der Waals surface area (Å²) in [5.41, 5.74) is 3.28. The summed E-state index contributed by atoms with van der Waals surface area (Å²) in [6, 6.07) is 15.4. The van der Waals surface area contributed by atoms with Crippen molar-refractivity contribution in [1.29, 1.82) is 0 Å². The Labute approximate surface area is 190 Å². The molecular weight excluding hydrogens is 420 g/mol. The van der Waals surface area contributed by atoms with Gasteiger partial charge in [0.1, 0.15) is 18.2 Å². The Kier molecular flexibility index (Phi) is 5.56. The highest BCUT2D eigenvalue weighted by molar-refractivity contribution is 6.15. The highest BCUT2D eigenvalue weighted by Gasteiger charge is 2.38. The summed E-state index contributed by atoms with van der Waals surface area (Å²) < 4.78 is 12.2. The highest BCUT2D eigenvalue weighted by atomic mass is 16.5. The Bertz CT molecular complexity index is 1290. The molecule has 2 heterocycles. The second kappa shape index (κ2) is 8.82. The van der Waals surface area contributed by atoms with Gasteiger partial charge in [-0.25, -0.2) is 14.5 Å². The van der Waals surface area contributed by atoms with Crippen LogP contribution in [-0.4, -0.2) is 38.3 Å². The second-order valence-corrected chi connectivity index (χ2v) is 7.94. The smallest absolute Gasteiger partial charge is 0.361 e. The fraction of sp³-hybridized carbons (Fsp3) is 0.240. The molecule has 2 aromatic heterocycles. The second-order valence-electron chi connectivity index (χ2n) is 7.94. The molecule has 0 unspecified atom stereocenters. The predicted octanol–water partition coefficient (Wildman–Crippen LogP) is 4.13. The molecule has 2 aromatic carbocycles. The van der Waals surface area contributed by atoms with Crippen LogP contribution in [0.2, 0.25) is 0 Å². The van der Waals surface area contributed by atoms with E-state index in [1.54, 1.807) is 24.0 Å². The summed E-state index contributed by atoms with van der Waals surface area (Å²) in [5.74, 6) is -0.377. The zero-order valence-corrected chi connectivity index (χ0v) is 18.1. The Morgan fingerprint density at radius 2 is 1.97 bits per heavy atom. The number of nitrogens with zero attached hydrogens (tertiary/aromatic N) is 4. The molecule has 0 N–H and O–H groups in total. The molecule has 0 spiro atoms. The van der Waals surface area contributed by atoms with Crippen LogP contribution in [0.15, 0.2) is 65.7 Å². The van der Waals surface area contributed by atoms with Crippen LogP contribution >= 0.6 is 0 Å². The van der Waals surface area contributed by atoms with Gasteiger partial charge < -0.3 is 9.26 Å². The number of ketones is 1. The van der Waals surface area contributed by atoms with Crippen LogP contribution in [0.1, 0.15) is 69.0 Å². The van der Waals surface area contributed by atoms with E-state index in [9.17, 15) is 9.59 Å². The lowest BCUT2D eigenvalue weighted by Gasteiger charge is -2.12. The van der Waals surface area contributed by atoms with Gasteiger partial charge in [-0.1, -0.05) is 35.5 Å². The first kappa shape index (κ1) is 20.8. The minimum atomic E-state index is -0.652. The quantitative estimate of drug-likeness (QED) is 0.299. The maximum Gasteiger partial charge on any atom is 0.361 e. The van der Waals surface area contributed by atoms with E-state index in [0.717, 1.165) is 29.7 Å². The van der Waals surface area contributed by atoms with E-state index >= 15 is 0 Å². The van der Waals surface area contributed by atoms with Gasteiger partial charge >= 0.3 is 5.97 Å². The van der Waals surface area contributed by atoms with E-state index in [-0.39, 0.29) is 29.6 Å². The monoisotopic (exact) mass is 442 g/mol. The largest absolute Gasteiger partial charge is 0.461 e. The first-order valence-electron chi connectivity index (χ1n) is 10.9. The van der Waals surface area contributed by atoms with Gasteiger partial charge in [-0.15, -0.1) is 0 Å². The molecular formula is C25H22N4O4. The molecule has 0 radical (unpaired) electrons. The number of esters is 1. The van der Waals surface area contributed by atoms with Crippen LogP contribution < -0.4 is 0 Å². The molecule has 1 aliphatic carbocycles. The van der Waals surface area contributed by atoms with Crippen molar-refractivity contribution in [3.05, 3.63) is 94.9 Å². The summed E-state index contributed by atoms with van der Waals surface area (Å²) in [5, 5.41) is 8.12. The minimum absolute atomic E-state index is 0.0604. The molecule has 4 aromatic rings. The van der Waals surface area contributed by atoms with Gasteiger partial charge in [0, 0.05) is 11.5 Å². The van der Waals surface area contributed by atoms with Crippen molar-refractivity contribution in [1.82, 2.24) is 19.9 Å². The van der Waals surface area contributed by atoms with Crippen LogP contribution in [0.3, 0.4) is 0 Å². The van der Waals surface area contributed by atoms with E-state index in [4.69, 9.17) is 9.26 Å². The summed E-state index contributed by atoms with van der Waals surface area (Å²) in [7, 11) is 0. The lowest BCUT2D eigenvalue weighted by Crippen LogP contribution is -2.15. The summed E-state index contributed by atoms with van der Waals surface area (Å²) in [4.78, 5) is 30.4. The molecule has 166 valence electrons. The van der Waals surface area contributed by atoms with Gasteiger partial charge in [0.05, 0.1) is 12.3 Å². The zero-order chi connectivity index (χ0) is 22.8. The van der Waals surface area contributed by atoms with Crippen LogP contribution in [0.4, 0.5) is 0 Å². The van der Waals surface area contributed by atoms with Crippen LogP contribution in [0, 0.1) is 0 Å². The Hall–Kier alpha value is -4.07. The first-order chi connectivity index (χ1) is 16.2. The fourth-order valence-corrected chi connectivity index (χ4v) is 3.87. The van der Waals surface area contributed by atoms with E-state index in [0.29, 0.717) is 17.7 Å². The fourth-order valence-electron chi connectivity index (χ4n) is 3.87. The van der Waals surface area contributed by atoms with Crippen LogP contribution in [-0.2, 0) is 11.2 Å². The van der Waals surface area contributed by atoms with Gasteiger partial charge in [-0.05, 0) is 55.5 Å². The number of benzene rings is 2. The molecule has 0 aliphatic heterocycles.